The fraction of sp³-hybridized carbons (Fsp3) is 0.0612. The van der Waals surface area contributed by atoms with Crippen molar-refractivity contribution in [3.05, 3.63) is 181 Å². The Hall–Kier alpha value is -5.98. The highest BCUT2D eigenvalue weighted by atomic mass is 14.4. The van der Waals surface area contributed by atoms with Gasteiger partial charge in [-0.2, -0.15) is 0 Å². The van der Waals surface area contributed by atoms with Crippen molar-refractivity contribution in [1.29, 1.82) is 0 Å². The maximum Gasteiger partial charge on any atom is 0.0629 e. The molecule has 9 aromatic rings. The van der Waals surface area contributed by atoms with E-state index in [1.165, 1.54) is 65.3 Å². The first-order chi connectivity index (χ1) is 26.1. The molecule has 0 spiro atoms. The fourth-order valence-electron chi connectivity index (χ4n) is 8.43. The van der Waals surface area contributed by atoms with Gasteiger partial charge in [-0.25, -0.2) is 0 Å². The van der Waals surface area contributed by atoms with Crippen molar-refractivity contribution in [2.75, 3.05) is 0 Å². The Morgan fingerprint density at radius 3 is 1.61 bits per heavy atom. The lowest BCUT2D eigenvalue weighted by molar-refractivity contribution is 0.661. The van der Waals surface area contributed by atoms with E-state index in [2.05, 4.69) is 135 Å². The summed E-state index contributed by atoms with van der Waals surface area (Å²) in [7, 11) is 0. The summed E-state index contributed by atoms with van der Waals surface area (Å²) in [6.45, 7) is 4.44. The van der Waals surface area contributed by atoms with Gasteiger partial charge in [-0.1, -0.05) is 171 Å². The molecule has 9 aromatic carbocycles. The molecule has 230 valence electrons. The van der Waals surface area contributed by atoms with Crippen LogP contribution < -0.4 is 0 Å². The Morgan fingerprint density at radius 2 is 0.939 bits per heavy atom. The summed E-state index contributed by atoms with van der Waals surface area (Å²) < 4.78 is 41.8. The molecule has 49 heavy (non-hydrogen) atoms. The van der Waals surface area contributed by atoms with Gasteiger partial charge in [0.1, 0.15) is 0 Å². The molecule has 0 aromatic heterocycles. The van der Waals surface area contributed by atoms with Gasteiger partial charge >= 0.3 is 0 Å². The topological polar surface area (TPSA) is 0 Å². The van der Waals surface area contributed by atoms with E-state index in [4.69, 9.17) is 6.85 Å². The molecular formula is C49H34. The third kappa shape index (κ3) is 4.11. The van der Waals surface area contributed by atoms with Gasteiger partial charge in [0.05, 0.1) is 6.85 Å². The standard InChI is InChI=1S/C49H34/c1-49(2)45-29-33(31-13-4-3-5-14-31)24-27-38(45)39-28-25-34(30-46(39)49)47-41-17-8-10-19-43(41)48(44-20-11-9-18-42(44)47)40-22-12-21-36-35-16-7-6-15-32(35)23-26-37(36)40/h3-30H,1-2H3/i3D,4D,5D,13D,14D. The first-order valence-corrected chi connectivity index (χ1v) is 16.9. The average Bonchev–Trinajstić information content (AvgIpc) is 3.42. The van der Waals surface area contributed by atoms with Gasteiger partial charge < -0.3 is 0 Å². The monoisotopic (exact) mass is 627 g/mol. The number of rotatable bonds is 3. The van der Waals surface area contributed by atoms with Crippen LogP contribution in [0.4, 0.5) is 0 Å². The molecule has 0 fully saturated rings. The second-order valence-corrected chi connectivity index (χ2v) is 13.7. The highest BCUT2D eigenvalue weighted by Gasteiger charge is 2.36. The van der Waals surface area contributed by atoms with Crippen LogP contribution >= 0.6 is 0 Å². The van der Waals surface area contributed by atoms with Gasteiger partial charge in [-0.15, -0.1) is 0 Å². The first-order valence-electron chi connectivity index (χ1n) is 19.4. The fourth-order valence-corrected chi connectivity index (χ4v) is 8.43. The van der Waals surface area contributed by atoms with Crippen LogP contribution in [0.3, 0.4) is 0 Å². The smallest absolute Gasteiger partial charge is 0.0622 e. The van der Waals surface area contributed by atoms with Gasteiger partial charge in [0.15, 0.2) is 0 Å². The zero-order valence-electron chi connectivity index (χ0n) is 32.3. The zero-order valence-corrected chi connectivity index (χ0v) is 27.3. The number of fused-ring (bicyclic) bond motifs is 8. The molecule has 0 radical (unpaired) electrons. The van der Waals surface area contributed by atoms with Crippen LogP contribution in [0.15, 0.2) is 170 Å². The molecule has 1 aliphatic carbocycles. The highest BCUT2D eigenvalue weighted by Crippen LogP contribution is 2.52. The number of hydrogen-bond donors (Lipinski definition) is 0. The summed E-state index contributed by atoms with van der Waals surface area (Å²) >= 11 is 0. The zero-order chi connectivity index (χ0) is 37.0. The Morgan fingerprint density at radius 1 is 0.388 bits per heavy atom. The van der Waals surface area contributed by atoms with Crippen molar-refractivity contribution >= 4 is 43.1 Å². The van der Waals surface area contributed by atoms with E-state index >= 15 is 0 Å². The van der Waals surface area contributed by atoms with Crippen molar-refractivity contribution in [2.24, 2.45) is 0 Å². The van der Waals surface area contributed by atoms with Crippen LogP contribution in [-0.2, 0) is 5.41 Å². The molecule has 0 heterocycles. The predicted octanol–water partition coefficient (Wildman–Crippen LogP) is 13.6. The van der Waals surface area contributed by atoms with Crippen LogP contribution in [0.1, 0.15) is 31.8 Å². The summed E-state index contributed by atoms with van der Waals surface area (Å²) in [5.41, 5.74) is 9.78. The SMILES string of the molecule is [2H]c1c([2H])c([2H])c(-c2ccc3c(c2)C(C)(C)c2cc(-c4c5ccccc5c(-c5cccc6c5ccc5ccccc56)c5ccccc45)ccc2-3)c([2H])c1[2H]. The summed E-state index contributed by atoms with van der Waals surface area (Å²) in [6.07, 6.45) is 0. The predicted molar refractivity (Wildman–Crippen MR) is 210 cm³/mol. The van der Waals surface area contributed by atoms with Crippen molar-refractivity contribution in [2.45, 2.75) is 19.3 Å². The summed E-state index contributed by atoms with van der Waals surface area (Å²) in [5, 5.41) is 9.78. The molecule has 0 saturated carbocycles. The minimum Gasteiger partial charge on any atom is -0.0622 e. The molecule has 0 N–H and O–H groups in total. The molecule has 0 saturated heterocycles. The minimum atomic E-state index is -0.401. The van der Waals surface area contributed by atoms with Crippen molar-refractivity contribution in [3.8, 4) is 44.5 Å². The molecular weight excluding hydrogens is 589 g/mol. The van der Waals surface area contributed by atoms with E-state index in [1.807, 2.05) is 18.2 Å². The summed E-state index contributed by atoms with van der Waals surface area (Å²) in [6, 6.07) is 48.7. The van der Waals surface area contributed by atoms with Crippen LogP contribution in [0.25, 0.3) is 87.6 Å². The lowest BCUT2D eigenvalue weighted by Gasteiger charge is -2.23. The number of benzene rings is 9. The largest absolute Gasteiger partial charge is 0.0629 e. The van der Waals surface area contributed by atoms with E-state index in [9.17, 15) is 0 Å². The Labute approximate surface area is 294 Å². The van der Waals surface area contributed by atoms with E-state index in [-0.39, 0.29) is 35.8 Å². The second-order valence-electron chi connectivity index (χ2n) is 13.7. The quantitative estimate of drug-likeness (QED) is 0.135. The van der Waals surface area contributed by atoms with Crippen molar-refractivity contribution in [1.82, 2.24) is 0 Å². The van der Waals surface area contributed by atoms with Gasteiger partial charge in [-0.05, 0) is 111 Å². The van der Waals surface area contributed by atoms with E-state index in [0.29, 0.717) is 5.56 Å². The van der Waals surface area contributed by atoms with Crippen LogP contribution in [-0.4, -0.2) is 0 Å². The molecule has 10 rings (SSSR count). The number of hydrogen-bond acceptors (Lipinski definition) is 0. The van der Waals surface area contributed by atoms with Gasteiger partial charge in [-0.3, -0.25) is 0 Å². The van der Waals surface area contributed by atoms with E-state index < -0.39 is 5.41 Å². The highest BCUT2D eigenvalue weighted by molar-refractivity contribution is 6.25. The summed E-state index contributed by atoms with van der Waals surface area (Å²) in [4.78, 5) is 0. The maximum atomic E-state index is 8.62. The van der Waals surface area contributed by atoms with E-state index in [1.54, 1.807) is 0 Å². The van der Waals surface area contributed by atoms with Gasteiger partial charge in [0.2, 0.25) is 0 Å². The lowest BCUT2D eigenvalue weighted by atomic mass is 9.79. The Kier molecular flexibility index (Phi) is 5.01. The van der Waals surface area contributed by atoms with Crippen LogP contribution in [0.2, 0.25) is 0 Å². The molecule has 0 heteroatoms. The molecule has 0 atom stereocenters. The van der Waals surface area contributed by atoms with Crippen LogP contribution in [0, 0.1) is 0 Å². The maximum absolute atomic E-state index is 8.62. The lowest BCUT2D eigenvalue weighted by Crippen LogP contribution is -2.15. The third-order valence-corrected chi connectivity index (χ3v) is 10.7. The van der Waals surface area contributed by atoms with Crippen molar-refractivity contribution in [3.63, 3.8) is 0 Å². The van der Waals surface area contributed by atoms with Crippen LogP contribution in [0.5, 0.6) is 0 Å². The Bertz CT molecular complexity index is 3000. The molecule has 0 amide bonds. The van der Waals surface area contributed by atoms with E-state index in [0.717, 1.165) is 22.3 Å². The molecule has 0 unspecified atom stereocenters. The molecule has 0 aliphatic heterocycles. The Balaban J connectivity index is 1.18. The summed E-state index contributed by atoms with van der Waals surface area (Å²) in [5.74, 6) is 0. The third-order valence-electron chi connectivity index (χ3n) is 10.7. The van der Waals surface area contributed by atoms with Gasteiger partial charge in [0.25, 0.3) is 0 Å². The second kappa shape index (κ2) is 10.5. The molecule has 0 bridgehead atoms. The first kappa shape index (κ1) is 23.4. The minimum absolute atomic E-state index is 0.185. The van der Waals surface area contributed by atoms with Crippen molar-refractivity contribution < 1.29 is 6.85 Å². The molecule has 1 aliphatic rings. The average molecular weight is 628 g/mol. The molecule has 0 nitrogen and oxygen atoms in total. The normalized spacial score (nSPS) is 14.7. The van der Waals surface area contributed by atoms with Gasteiger partial charge in [0, 0.05) is 5.41 Å².